The van der Waals surface area contributed by atoms with Crippen molar-refractivity contribution in [2.75, 3.05) is 0 Å². The molecule has 1 aliphatic carbocycles. The van der Waals surface area contributed by atoms with Gasteiger partial charge in [-0.3, -0.25) is 0 Å². The van der Waals surface area contributed by atoms with Gasteiger partial charge in [0.15, 0.2) is 0 Å². The van der Waals surface area contributed by atoms with Crippen LogP contribution in [-0.2, 0) is 0 Å². The first-order chi connectivity index (χ1) is 5.29. The summed E-state index contributed by atoms with van der Waals surface area (Å²) >= 11 is 0. The fourth-order valence-corrected chi connectivity index (χ4v) is 1.94. The lowest BCUT2D eigenvalue weighted by Crippen LogP contribution is -2.07. The zero-order valence-electron chi connectivity index (χ0n) is 7.48. The Morgan fingerprint density at radius 2 is 1.91 bits per heavy atom. The van der Waals surface area contributed by atoms with E-state index in [-0.39, 0.29) is 0 Å². The second kappa shape index (κ2) is 4.74. The van der Waals surface area contributed by atoms with Crippen LogP contribution < -0.4 is 0 Å². The van der Waals surface area contributed by atoms with Crippen molar-refractivity contribution in [2.45, 2.75) is 58.0 Å². The Bertz CT molecular complexity index is 93.0. The molecule has 1 aliphatic rings. The molecule has 0 amide bonds. The highest BCUT2D eigenvalue weighted by molar-refractivity contribution is 4.66. The summed E-state index contributed by atoms with van der Waals surface area (Å²) in [7, 11) is 0. The molecule has 0 nitrogen and oxygen atoms in total. The number of rotatable bonds is 3. The molecule has 1 atom stereocenters. The van der Waals surface area contributed by atoms with E-state index in [4.69, 9.17) is 0 Å². The number of alkyl halides is 1. The van der Waals surface area contributed by atoms with Crippen LogP contribution in [0.5, 0.6) is 0 Å². The lowest BCUT2D eigenvalue weighted by molar-refractivity contribution is 0.273. The van der Waals surface area contributed by atoms with Crippen LogP contribution in [-0.4, -0.2) is 6.17 Å². The Hall–Kier alpha value is -0.0700. The number of hydrogen-bond donors (Lipinski definition) is 0. The van der Waals surface area contributed by atoms with E-state index in [1.807, 2.05) is 0 Å². The molecule has 0 aliphatic heterocycles. The van der Waals surface area contributed by atoms with Gasteiger partial charge in [-0.05, 0) is 25.7 Å². The largest absolute Gasteiger partial charge is 0.248 e. The Balaban J connectivity index is 2.05. The molecular weight excluding hydrogens is 139 g/mol. The molecule has 0 aromatic carbocycles. The molecule has 1 fully saturated rings. The van der Waals surface area contributed by atoms with E-state index in [0.29, 0.717) is 0 Å². The Labute approximate surface area is 69.2 Å². The van der Waals surface area contributed by atoms with E-state index < -0.39 is 6.17 Å². The van der Waals surface area contributed by atoms with Crippen LogP contribution in [0.1, 0.15) is 51.9 Å². The summed E-state index contributed by atoms with van der Waals surface area (Å²) in [5, 5.41) is 0. The molecule has 0 radical (unpaired) electrons. The van der Waals surface area contributed by atoms with Crippen LogP contribution in [0.2, 0.25) is 0 Å². The van der Waals surface area contributed by atoms with Gasteiger partial charge in [-0.1, -0.05) is 32.1 Å². The maximum absolute atomic E-state index is 12.5. The Morgan fingerprint density at radius 1 is 1.27 bits per heavy atom. The lowest BCUT2D eigenvalue weighted by Gasteiger charge is -2.21. The van der Waals surface area contributed by atoms with Crippen LogP contribution in [0.25, 0.3) is 0 Å². The molecule has 0 spiro atoms. The van der Waals surface area contributed by atoms with Crippen molar-refractivity contribution in [1.82, 2.24) is 0 Å². The standard InChI is InChI=1S/C10H19F/c1-9(11)7-8-10-5-3-2-4-6-10/h9-10H,2-8H2,1H3. The van der Waals surface area contributed by atoms with E-state index in [2.05, 4.69) is 0 Å². The van der Waals surface area contributed by atoms with Crippen molar-refractivity contribution in [3.8, 4) is 0 Å². The molecule has 11 heavy (non-hydrogen) atoms. The van der Waals surface area contributed by atoms with Crippen LogP contribution >= 0.6 is 0 Å². The van der Waals surface area contributed by atoms with Gasteiger partial charge in [0.25, 0.3) is 0 Å². The van der Waals surface area contributed by atoms with Crippen molar-refractivity contribution in [3.05, 3.63) is 0 Å². The van der Waals surface area contributed by atoms with Gasteiger partial charge in [-0.15, -0.1) is 0 Å². The van der Waals surface area contributed by atoms with Gasteiger partial charge in [-0.2, -0.15) is 0 Å². The molecule has 1 unspecified atom stereocenters. The van der Waals surface area contributed by atoms with E-state index in [0.717, 1.165) is 18.8 Å². The van der Waals surface area contributed by atoms with E-state index in [1.165, 1.54) is 32.1 Å². The van der Waals surface area contributed by atoms with Crippen molar-refractivity contribution in [1.29, 1.82) is 0 Å². The monoisotopic (exact) mass is 158 g/mol. The summed E-state index contributed by atoms with van der Waals surface area (Å²) in [6, 6.07) is 0. The maximum Gasteiger partial charge on any atom is 0.0973 e. The van der Waals surface area contributed by atoms with Crippen LogP contribution in [0.3, 0.4) is 0 Å². The van der Waals surface area contributed by atoms with Crippen LogP contribution in [0, 0.1) is 5.92 Å². The molecule has 0 aromatic rings. The third-order valence-electron chi connectivity index (χ3n) is 2.70. The zero-order chi connectivity index (χ0) is 8.10. The predicted octanol–water partition coefficient (Wildman–Crippen LogP) is 3.70. The molecular formula is C10H19F. The predicted molar refractivity (Wildman–Crippen MR) is 46.4 cm³/mol. The zero-order valence-corrected chi connectivity index (χ0v) is 7.48. The van der Waals surface area contributed by atoms with Gasteiger partial charge in [-0.25, -0.2) is 4.39 Å². The average molecular weight is 158 g/mol. The summed E-state index contributed by atoms with van der Waals surface area (Å²) in [5.74, 6) is 0.849. The highest BCUT2D eigenvalue weighted by Gasteiger charge is 2.13. The molecule has 1 rings (SSSR count). The third kappa shape index (κ3) is 3.74. The summed E-state index contributed by atoms with van der Waals surface area (Å²) in [4.78, 5) is 0. The van der Waals surface area contributed by atoms with E-state index in [9.17, 15) is 4.39 Å². The van der Waals surface area contributed by atoms with Gasteiger partial charge in [0.2, 0.25) is 0 Å². The molecule has 0 heterocycles. The first-order valence-corrected chi connectivity index (χ1v) is 4.93. The third-order valence-corrected chi connectivity index (χ3v) is 2.70. The number of hydrogen-bond acceptors (Lipinski definition) is 0. The normalized spacial score (nSPS) is 23.5. The Kier molecular flexibility index (Phi) is 3.88. The van der Waals surface area contributed by atoms with Crippen molar-refractivity contribution < 1.29 is 4.39 Å². The molecule has 1 heteroatoms. The minimum atomic E-state index is -0.586. The molecule has 0 bridgehead atoms. The highest BCUT2D eigenvalue weighted by Crippen LogP contribution is 2.27. The molecule has 0 aromatic heterocycles. The second-order valence-corrected chi connectivity index (χ2v) is 3.86. The topological polar surface area (TPSA) is 0 Å². The van der Waals surface area contributed by atoms with Gasteiger partial charge in [0, 0.05) is 0 Å². The molecule has 1 saturated carbocycles. The summed E-state index contributed by atoms with van der Waals surface area (Å²) < 4.78 is 12.5. The van der Waals surface area contributed by atoms with Crippen molar-refractivity contribution >= 4 is 0 Å². The first kappa shape index (κ1) is 9.02. The van der Waals surface area contributed by atoms with Gasteiger partial charge in [0.05, 0.1) is 6.17 Å². The summed E-state index contributed by atoms with van der Waals surface area (Å²) in [6.07, 6.45) is 8.19. The molecule has 0 N–H and O–H groups in total. The highest BCUT2D eigenvalue weighted by atomic mass is 19.1. The summed E-state index contributed by atoms with van der Waals surface area (Å²) in [6.45, 7) is 1.67. The lowest BCUT2D eigenvalue weighted by atomic mass is 9.86. The van der Waals surface area contributed by atoms with Gasteiger partial charge >= 0.3 is 0 Å². The van der Waals surface area contributed by atoms with Crippen LogP contribution in [0.15, 0.2) is 0 Å². The van der Waals surface area contributed by atoms with Gasteiger partial charge in [0.1, 0.15) is 0 Å². The van der Waals surface area contributed by atoms with Crippen molar-refractivity contribution in [3.63, 3.8) is 0 Å². The fourth-order valence-electron chi connectivity index (χ4n) is 1.94. The number of halogens is 1. The average Bonchev–Trinajstić information content (AvgIpc) is 2.03. The molecule has 66 valence electrons. The fraction of sp³-hybridized carbons (Fsp3) is 1.00. The quantitative estimate of drug-likeness (QED) is 0.587. The minimum absolute atomic E-state index is 0.586. The minimum Gasteiger partial charge on any atom is -0.248 e. The maximum atomic E-state index is 12.5. The summed E-state index contributed by atoms with van der Waals surface area (Å²) in [5.41, 5.74) is 0. The second-order valence-electron chi connectivity index (χ2n) is 3.86. The smallest absolute Gasteiger partial charge is 0.0973 e. The van der Waals surface area contributed by atoms with Crippen molar-refractivity contribution in [2.24, 2.45) is 5.92 Å². The van der Waals surface area contributed by atoms with E-state index >= 15 is 0 Å². The SMILES string of the molecule is CC(F)CCC1CCCCC1. The molecule has 0 saturated heterocycles. The van der Waals surface area contributed by atoms with Crippen LogP contribution in [0.4, 0.5) is 4.39 Å². The Morgan fingerprint density at radius 3 is 2.45 bits per heavy atom. The first-order valence-electron chi connectivity index (χ1n) is 4.93. The van der Waals surface area contributed by atoms with Gasteiger partial charge < -0.3 is 0 Å². The van der Waals surface area contributed by atoms with E-state index in [1.54, 1.807) is 6.92 Å².